The molecule has 1 aliphatic heterocycles. The quantitative estimate of drug-likeness (QED) is 0.669. The van der Waals surface area contributed by atoms with Gasteiger partial charge in [-0.15, -0.1) is 0 Å². The predicted octanol–water partition coefficient (Wildman–Crippen LogP) is 2.01. The number of nitrogens with one attached hydrogen (secondary N) is 1. The third kappa shape index (κ3) is 3.41. The van der Waals surface area contributed by atoms with Gasteiger partial charge in [0.2, 0.25) is 0 Å². The number of barbiturate groups is 1. The van der Waals surface area contributed by atoms with Crippen molar-refractivity contribution >= 4 is 29.6 Å². The first-order valence-electron chi connectivity index (χ1n) is 7.30. The van der Waals surface area contributed by atoms with E-state index in [4.69, 9.17) is 0 Å². The van der Waals surface area contributed by atoms with Gasteiger partial charge in [-0.2, -0.15) is 0 Å². The fourth-order valence-corrected chi connectivity index (χ4v) is 2.30. The smallest absolute Gasteiger partial charge is 0.331 e. The molecule has 1 aromatic carbocycles. The van der Waals surface area contributed by atoms with E-state index in [9.17, 15) is 14.4 Å². The lowest BCUT2D eigenvalue weighted by Crippen LogP contribution is -2.60. The molecule has 1 N–H and O–H groups in total. The van der Waals surface area contributed by atoms with E-state index in [1.54, 1.807) is 20.8 Å². The number of rotatable bonds is 2. The summed E-state index contributed by atoms with van der Waals surface area (Å²) in [4.78, 5) is 39.5. The molecule has 1 aromatic rings. The lowest BCUT2D eigenvalue weighted by molar-refractivity contribution is -0.133. The monoisotopic (exact) mass is 315 g/mol. The molecule has 1 saturated heterocycles. The number of hydrogen-bond donors (Lipinski definition) is 1. The summed E-state index contributed by atoms with van der Waals surface area (Å²) in [5.74, 6) is -1.25. The van der Waals surface area contributed by atoms with E-state index in [0.29, 0.717) is 0 Å². The van der Waals surface area contributed by atoms with Gasteiger partial charge in [-0.1, -0.05) is 12.1 Å². The predicted molar refractivity (Wildman–Crippen MR) is 88.9 cm³/mol. The number of amides is 4. The molecule has 1 heterocycles. The van der Waals surface area contributed by atoms with Gasteiger partial charge in [0.1, 0.15) is 5.57 Å². The van der Waals surface area contributed by atoms with Crippen LogP contribution >= 0.6 is 0 Å². The van der Waals surface area contributed by atoms with Crippen molar-refractivity contribution in [2.75, 3.05) is 19.0 Å². The van der Waals surface area contributed by atoms with Gasteiger partial charge < -0.3 is 4.90 Å². The van der Waals surface area contributed by atoms with Crippen LogP contribution in [0.25, 0.3) is 6.08 Å². The van der Waals surface area contributed by atoms with E-state index in [-0.39, 0.29) is 5.57 Å². The largest absolute Gasteiger partial charge is 0.378 e. The third-order valence-electron chi connectivity index (χ3n) is 3.49. The van der Waals surface area contributed by atoms with Crippen molar-refractivity contribution in [2.24, 2.45) is 0 Å². The highest BCUT2D eigenvalue weighted by atomic mass is 16.2. The molecule has 23 heavy (non-hydrogen) atoms. The van der Waals surface area contributed by atoms with Gasteiger partial charge in [-0.05, 0) is 44.5 Å². The fourth-order valence-electron chi connectivity index (χ4n) is 2.30. The standard InChI is InChI=1S/C17H21N3O3/c1-17(2,3)20-15(22)13(14(21)18-16(20)23)10-11-6-8-12(9-7-11)19(4)5/h6-10H,1-5H3,(H,18,21,23)/b13-10-. The molecule has 0 aromatic heterocycles. The molecule has 0 bridgehead atoms. The Morgan fingerprint density at radius 3 is 2.09 bits per heavy atom. The maximum Gasteiger partial charge on any atom is 0.331 e. The Labute approximate surface area is 135 Å². The van der Waals surface area contributed by atoms with Gasteiger partial charge in [-0.3, -0.25) is 19.8 Å². The van der Waals surface area contributed by atoms with Gasteiger partial charge in [-0.25, -0.2) is 4.79 Å². The number of urea groups is 1. The van der Waals surface area contributed by atoms with Crippen LogP contribution in [0, 0.1) is 0 Å². The Kier molecular flexibility index (Phi) is 4.27. The summed E-state index contributed by atoms with van der Waals surface area (Å²) in [5.41, 5.74) is 0.975. The average molecular weight is 315 g/mol. The van der Waals surface area contributed by atoms with Crippen molar-refractivity contribution in [1.29, 1.82) is 0 Å². The summed E-state index contributed by atoms with van der Waals surface area (Å²) < 4.78 is 0. The van der Waals surface area contributed by atoms with Crippen molar-refractivity contribution < 1.29 is 14.4 Å². The highest BCUT2D eigenvalue weighted by Gasteiger charge is 2.41. The maximum absolute atomic E-state index is 12.5. The zero-order chi connectivity index (χ0) is 17.4. The van der Waals surface area contributed by atoms with Gasteiger partial charge in [0, 0.05) is 25.3 Å². The minimum atomic E-state index is -0.713. The molecule has 6 nitrogen and oxygen atoms in total. The first-order valence-corrected chi connectivity index (χ1v) is 7.30. The number of carbonyl (C=O) groups excluding carboxylic acids is 3. The summed E-state index contributed by atoms with van der Waals surface area (Å²) in [6.07, 6.45) is 1.50. The molecule has 4 amide bonds. The minimum absolute atomic E-state index is 0.0443. The fraction of sp³-hybridized carbons (Fsp3) is 0.353. The molecule has 0 spiro atoms. The number of hydrogen-bond acceptors (Lipinski definition) is 4. The molecule has 0 atom stereocenters. The topological polar surface area (TPSA) is 69.7 Å². The van der Waals surface area contributed by atoms with Gasteiger partial charge >= 0.3 is 6.03 Å². The second kappa shape index (κ2) is 5.87. The number of imide groups is 2. The Hall–Kier alpha value is -2.63. The van der Waals surface area contributed by atoms with Crippen LogP contribution in [-0.2, 0) is 9.59 Å². The summed E-state index contributed by atoms with van der Waals surface area (Å²) in [7, 11) is 3.86. The summed E-state index contributed by atoms with van der Waals surface area (Å²) >= 11 is 0. The molecule has 1 fully saturated rings. The zero-order valence-corrected chi connectivity index (χ0v) is 14.0. The Morgan fingerprint density at radius 1 is 1.04 bits per heavy atom. The van der Waals surface area contributed by atoms with E-state index < -0.39 is 23.4 Å². The van der Waals surface area contributed by atoms with Gasteiger partial charge in [0.25, 0.3) is 11.8 Å². The highest BCUT2D eigenvalue weighted by molar-refractivity contribution is 6.31. The van der Waals surface area contributed by atoms with Crippen molar-refractivity contribution in [1.82, 2.24) is 10.2 Å². The molecular weight excluding hydrogens is 294 g/mol. The molecule has 0 aliphatic carbocycles. The van der Waals surface area contributed by atoms with E-state index in [0.717, 1.165) is 16.2 Å². The second-order valence-electron chi connectivity index (χ2n) is 6.61. The van der Waals surface area contributed by atoms with E-state index in [1.807, 2.05) is 43.3 Å². The van der Waals surface area contributed by atoms with Crippen molar-refractivity contribution in [3.8, 4) is 0 Å². The Balaban J connectivity index is 2.38. The molecule has 0 saturated carbocycles. The van der Waals surface area contributed by atoms with Crippen LogP contribution < -0.4 is 10.2 Å². The lowest BCUT2D eigenvalue weighted by Gasteiger charge is -2.36. The van der Waals surface area contributed by atoms with Crippen LogP contribution in [0.1, 0.15) is 26.3 Å². The Bertz CT molecular complexity index is 682. The van der Waals surface area contributed by atoms with E-state index >= 15 is 0 Å². The van der Waals surface area contributed by atoms with Gasteiger partial charge in [0.15, 0.2) is 0 Å². The van der Waals surface area contributed by atoms with E-state index in [2.05, 4.69) is 5.32 Å². The second-order valence-corrected chi connectivity index (χ2v) is 6.61. The number of carbonyl (C=O) groups is 3. The SMILES string of the molecule is CN(C)c1ccc(/C=C2/C(=O)NC(=O)N(C(C)(C)C)C2=O)cc1. The molecule has 6 heteroatoms. The first kappa shape index (κ1) is 16.7. The zero-order valence-electron chi connectivity index (χ0n) is 14.0. The van der Waals surface area contributed by atoms with Gasteiger partial charge in [0.05, 0.1) is 0 Å². The summed E-state index contributed by atoms with van der Waals surface area (Å²) in [6, 6.07) is 6.74. The Morgan fingerprint density at radius 2 is 1.61 bits per heavy atom. The normalized spacial score (nSPS) is 17.5. The highest BCUT2D eigenvalue weighted by Crippen LogP contribution is 2.22. The van der Waals surface area contributed by atoms with Crippen LogP contribution in [0.2, 0.25) is 0 Å². The number of nitrogens with zero attached hydrogens (tertiary/aromatic N) is 2. The maximum atomic E-state index is 12.5. The van der Waals surface area contributed by atoms with Crippen LogP contribution in [0.15, 0.2) is 29.8 Å². The average Bonchev–Trinajstić information content (AvgIpc) is 2.42. The molecular formula is C17H21N3O3. The van der Waals surface area contributed by atoms with Crippen LogP contribution in [-0.4, -0.2) is 42.4 Å². The molecule has 0 unspecified atom stereocenters. The van der Waals surface area contributed by atoms with E-state index in [1.165, 1.54) is 6.08 Å². The van der Waals surface area contributed by atoms with Crippen molar-refractivity contribution in [2.45, 2.75) is 26.3 Å². The lowest BCUT2D eigenvalue weighted by atomic mass is 10.0. The number of benzene rings is 1. The van der Waals surface area contributed by atoms with Crippen molar-refractivity contribution in [3.05, 3.63) is 35.4 Å². The summed E-state index contributed by atoms with van der Waals surface area (Å²) in [5, 5.41) is 2.22. The molecule has 2 rings (SSSR count). The molecule has 122 valence electrons. The number of anilines is 1. The van der Waals surface area contributed by atoms with Crippen molar-refractivity contribution in [3.63, 3.8) is 0 Å². The molecule has 0 radical (unpaired) electrons. The molecule has 1 aliphatic rings. The van der Waals surface area contributed by atoms with Crippen LogP contribution in [0.3, 0.4) is 0 Å². The first-order chi connectivity index (χ1) is 10.6. The van der Waals surface area contributed by atoms with Crippen LogP contribution in [0.5, 0.6) is 0 Å². The summed E-state index contributed by atoms with van der Waals surface area (Å²) in [6.45, 7) is 5.22. The van der Waals surface area contributed by atoms with Crippen LogP contribution in [0.4, 0.5) is 10.5 Å². The minimum Gasteiger partial charge on any atom is -0.378 e. The third-order valence-corrected chi connectivity index (χ3v) is 3.49.